The van der Waals surface area contributed by atoms with Crippen LogP contribution in [-0.2, 0) is 9.53 Å². The molecule has 0 radical (unpaired) electrons. The highest BCUT2D eigenvalue weighted by molar-refractivity contribution is 5.80. The summed E-state index contributed by atoms with van der Waals surface area (Å²) in [6.45, 7) is 5.60. The van der Waals surface area contributed by atoms with Gasteiger partial charge in [0.05, 0.1) is 26.2 Å². The molecule has 1 spiro atoms. The van der Waals surface area contributed by atoms with E-state index in [1.165, 1.54) is 50.8 Å². The predicted octanol–water partition coefficient (Wildman–Crippen LogP) is 2.90. The summed E-state index contributed by atoms with van der Waals surface area (Å²) < 4.78 is 10.8. The Morgan fingerprint density at radius 3 is 2.57 bits per heavy atom. The first-order chi connectivity index (χ1) is 13.7. The van der Waals surface area contributed by atoms with Crippen molar-refractivity contribution >= 4 is 5.91 Å². The third-order valence-corrected chi connectivity index (χ3v) is 7.65. The number of hydrogen-bond donors (Lipinski definition) is 0. The summed E-state index contributed by atoms with van der Waals surface area (Å²) in [5.74, 6) is 2.13. The van der Waals surface area contributed by atoms with Gasteiger partial charge in [0, 0.05) is 24.5 Å². The lowest BCUT2D eigenvalue weighted by Crippen LogP contribution is -2.61. The van der Waals surface area contributed by atoms with E-state index in [0.717, 1.165) is 18.8 Å². The van der Waals surface area contributed by atoms with Crippen molar-refractivity contribution in [3.63, 3.8) is 0 Å². The summed E-state index contributed by atoms with van der Waals surface area (Å²) in [5, 5.41) is 0. The molecule has 5 nitrogen and oxygen atoms in total. The largest absolute Gasteiger partial charge is 0.496 e. The molecule has 0 N–H and O–H groups in total. The average Bonchev–Trinajstić information content (AvgIpc) is 3.11. The molecular weight excluding hydrogens is 352 g/mol. The number of amides is 1. The average molecular weight is 385 g/mol. The molecule has 4 fully saturated rings. The van der Waals surface area contributed by atoms with E-state index in [2.05, 4.69) is 34.1 Å². The molecule has 1 aliphatic carbocycles. The number of benzene rings is 1. The summed E-state index contributed by atoms with van der Waals surface area (Å²) >= 11 is 0. The number of likely N-dealkylation sites (tertiary alicyclic amines) is 2. The van der Waals surface area contributed by atoms with Crippen LogP contribution in [0, 0.1) is 11.3 Å². The third kappa shape index (κ3) is 3.22. The molecule has 5 heteroatoms. The molecule has 0 aromatic heterocycles. The Kier molecular flexibility index (Phi) is 4.84. The van der Waals surface area contributed by atoms with Gasteiger partial charge in [-0.3, -0.25) is 4.79 Å². The van der Waals surface area contributed by atoms with Gasteiger partial charge in [-0.05, 0) is 62.7 Å². The summed E-state index contributed by atoms with van der Waals surface area (Å²) in [7, 11) is 1.77. The minimum Gasteiger partial charge on any atom is -0.496 e. The van der Waals surface area contributed by atoms with E-state index in [4.69, 9.17) is 9.47 Å². The summed E-state index contributed by atoms with van der Waals surface area (Å²) in [6, 6.07) is 9.21. The number of piperidine rings is 1. The monoisotopic (exact) mass is 384 g/mol. The Labute approximate surface area is 168 Å². The molecule has 152 valence electrons. The van der Waals surface area contributed by atoms with Crippen LogP contribution < -0.4 is 4.74 Å². The SMILES string of the molecule is COc1ccccc1C1CCN([C@H]2CCC3(C2)CN(C(=O)C2COC2)C3)CC1. The Balaban J connectivity index is 1.13. The first-order valence-electron chi connectivity index (χ1n) is 10.9. The standard InChI is InChI=1S/C23H32N2O3/c1-27-21-5-3-2-4-20(21)17-7-10-24(11-8-17)19-6-9-23(12-19)15-25(16-23)22(26)18-13-28-14-18/h2-5,17-19H,6-16H2,1H3/t19-/m0/s1. The molecule has 4 aliphatic rings. The van der Waals surface area contributed by atoms with Gasteiger partial charge in [0.25, 0.3) is 0 Å². The van der Waals surface area contributed by atoms with Crippen LogP contribution in [0.2, 0.25) is 0 Å². The number of hydrogen-bond acceptors (Lipinski definition) is 4. The van der Waals surface area contributed by atoms with E-state index in [1.54, 1.807) is 7.11 Å². The van der Waals surface area contributed by atoms with Crippen molar-refractivity contribution in [3.05, 3.63) is 29.8 Å². The highest BCUT2D eigenvalue weighted by Crippen LogP contribution is 2.48. The van der Waals surface area contributed by atoms with Gasteiger partial charge >= 0.3 is 0 Å². The fourth-order valence-corrected chi connectivity index (χ4v) is 5.91. The number of methoxy groups -OCH3 is 1. The number of nitrogens with zero attached hydrogens (tertiary/aromatic N) is 2. The lowest BCUT2D eigenvalue weighted by atomic mass is 9.77. The highest BCUT2D eigenvalue weighted by atomic mass is 16.5. The van der Waals surface area contributed by atoms with Crippen LogP contribution in [0.25, 0.3) is 0 Å². The first kappa shape index (κ1) is 18.4. The number of ether oxygens (including phenoxy) is 2. The number of carbonyl (C=O) groups excluding carboxylic acids is 1. The van der Waals surface area contributed by atoms with E-state index in [-0.39, 0.29) is 5.92 Å². The minimum absolute atomic E-state index is 0.142. The molecule has 3 saturated heterocycles. The fraction of sp³-hybridized carbons (Fsp3) is 0.696. The van der Waals surface area contributed by atoms with E-state index < -0.39 is 0 Å². The second-order valence-corrected chi connectivity index (χ2v) is 9.38. The van der Waals surface area contributed by atoms with Gasteiger partial charge in [-0.15, -0.1) is 0 Å². The van der Waals surface area contributed by atoms with Crippen molar-refractivity contribution in [3.8, 4) is 5.75 Å². The Morgan fingerprint density at radius 2 is 1.89 bits per heavy atom. The molecule has 3 heterocycles. The summed E-state index contributed by atoms with van der Waals surface area (Å²) in [6.07, 6.45) is 6.30. The maximum Gasteiger partial charge on any atom is 0.230 e. The zero-order chi connectivity index (χ0) is 19.1. The zero-order valence-corrected chi connectivity index (χ0v) is 16.9. The van der Waals surface area contributed by atoms with Crippen molar-refractivity contribution in [2.45, 2.75) is 44.1 Å². The van der Waals surface area contributed by atoms with Crippen LogP contribution in [0.5, 0.6) is 5.75 Å². The first-order valence-corrected chi connectivity index (χ1v) is 10.9. The Morgan fingerprint density at radius 1 is 1.14 bits per heavy atom. The van der Waals surface area contributed by atoms with E-state index >= 15 is 0 Å². The van der Waals surface area contributed by atoms with Crippen LogP contribution in [0.3, 0.4) is 0 Å². The normalized spacial score (nSPS) is 28.2. The van der Waals surface area contributed by atoms with Gasteiger partial charge in [0.15, 0.2) is 0 Å². The van der Waals surface area contributed by atoms with Crippen LogP contribution in [0.4, 0.5) is 0 Å². The quantitative estimate of drug-likeness (QED) is 0.801. The smallest absolute Gasteiger partial charge is 0.230 e. The van der Waals surface area contributed by atoms with Crippen molar-refractivity contribution < 1.29 is 14.3 Å². The molecule has 1 saturated carbocycles. The van der Waals surface area contributed by atoms with Crippen LogP contribution >= 0.6 is 0 Å². The lowest BCUT2D eigenvalue weighted by molar-refractivity contribution is -0.161. The maximum atomic E-state index is 12.4. The van der Waals surface area contributed by atoms with Gasteiger partial charge in [-0.25, -0.2) is 0 Å². The number of carbonyl (C=O) groups is 1. The molecular formula is C23H32N2O3. The van der Waals surface area contributed by atoms with Crippen molar-refractivity contribution in [2.75, 3.05) is 46.5 Å². The molecule has 5 rings (SSSR count). The van der Waals surface area contributed by atoms with E-state index in [1.807, 2.05) is 0 Å². The molecule has 0 unspecified atom stereocenters. The van der Waals surface area contributed by atoms with Crippen LogP contribution in [0.1, 0.15) is 43.6 Å². The number of para-hydroxylation sites is 1. The van der Waals surface area contributed by atoms with Crippen LogP contribution in [-0.4, -0.2) is 68.3 Å². The molecule has 1 aromatic rings. The summed E-state index contributed by atoms with van der Waals surface area (Å²) in [5.41, 5.74) is 1.78. The molecule has 1 amide bonds. The van der Waals surface area contributed by atoms with Crippen LogP contribution in [0.15, 0.2) is 24.3 Å². The second-order valence-electron chi connectivity index (χ2n) is 9.38. The van der Waals surface area contributed by atoms with Gasteiger partial charge in [0.1, 0.15) is 5.75 Å². The third-order valence-electron chi connectivity index (χ3n) is 7.65. The molecule has 3 aliphatic heterocycles. The molecule has 0 bridgehead atoms. The lowest BCUT2D eigenvalue weighted by Gasteiger charge is -2.50. The topological polar surface area (TPSA) is 42.0 Å². The van der Waals surface area contributed by atoms with E-state index in [0.29, 0.717) is 36.5 Å². The minimum atomic E-state index is 0.142. The van der Waals surface area contributed by atoms with Crippen molar-refractivity contribution in [1.29, 1.82) is 0 Å². The number of rotatable bonds is 4. The van der Waals surface area contributed by atoms with E-state index in [9.17, 15) is 4.79 Å². The molecule has 28 heavy (non-hydrogen) atoms. The van der Waals surface area contributed by atoms with Gasteiger partial charge in [-0.1, -0.05) is 18.2 Å². The summed E-state index contributed by atoms with van der Waals surface area (Å²) in [4.78, 5) is 17.2. The van der Waals surface area contributed by atoms with Crippen molar-refractivity contribution in [1.82, 2.24) is 9.80 Å². The molecule has 1 aromatic carbocycles. The molecule has 1 atom stereocenters. The Bertz CT molecular complexity index is 718. The second kappa shape index (κ2) is 7.34. The fourth-order valence-electron chi connectivity index (χ4n) is 5.91. The van der Waals surface area contributed by atoms with Gasteiger partial charge < -0.3 is 19.3 Å². The van der Waals surface area contributed by atoms with Gasteiger partial charge in [0.2, 0.25) is 5.91 Å². The highest BCUT2D eigenvalue weighted by Gasteiger charge is 2.52. The maximum absolute atomic E-state index is 12.4. The van der Waals surface area contributed by atoms with Crippen molar-refractivity contribution in [2.24, 2.45) is 11.3 Å². The Hall–Kier alpha value is -1.59. The van der Waals surface area contributed by atoms with Gasteiger partial charge in [-0.2, -0.15) is 0 Å². The predicted molar refractivity (Wildman–Crippen MR) is 108 cm³/mol. The zero-order valence-electron chi connectivity index (χ0n) is 16.9.